The van der Waals surface area contributed by atoms with E-state index >= 15 is 0 Å². The highest BCUT2D eigenvalue weighted by atomic mass is 16.2. The Morgan fingerprint density at radius 3 is 3.00 bits per heavy atom. The number of carbonyl (C=O) groups excluding carboxylic acids is 1. The van der Waals surface area contributed by atoms with Crippen molar-refractivity contribution in [2.24, 2.45) is 5.92 Å². The summed E-state index contributed by atoms with van der Waals surface area (Å²) in [6.45, 7) is 3.53. The molecule has 9 nitrogen and oxygen atoms in total. The predicted octanol–water partition coefficient (Wildman–Crippen LogP) is 2.66. The minimum atomic E-state index is -0.148. The van der Waals surface area contributed by atoms with Gasteiger partial charge in [-0.3, -0.25) is 9.72 Å². The molecule has 0 radical (unpaired) electrons. The van der Waals surface area contributed by atoms with Crippen LogP contribution in [0.4, 0.5) is 10.6 Å². The number of urea groups is 1. The monoisotopic (exact) mass is 376 g/mol. The molecule has 4 aromatic rings. The van der Waals surface area contributed by atoms with Crippen molar-refractivity contribution in [2.45, 2.75) is 19.3 Å². The number of fused-ring (bicyclic) bond motifs is 3. The molecule has 28 heavy (non-hydrogen) atoms. The van der Waals surface area contributed by atoms with Crippen molar-refractivity contribution >= 4 is 28.5 Å². The van der Waals surface area contributed by atoms with E-state index in [9.17, 15) is 4.79 Å². The van der Waals surface area contributed by atoms with Crippen LogP contribution in [0.15, 0.2) is 43.2 Å². The fourth-order valence-corrected chi connectivity index (χ4v) is 3.91. The van der Waals surface area contributed by atoms with Crippen LogP contribution in [0.2, 0.25) is 0 Å². The molecule has 5 rings (SSSR count). The van der Waals surface area contributed by atoms with Crippen LogP contribution in [0.5, 0.6) is 0 Å². The van der Waals surface area contributed by atoms with E-state index in [0.29, 0.717) is 24.8 Å². The number of aromatic amines is 1. The van der Waals surface area contributed by atoms with Gasteiger partial charge in [-0.15, -0.1) is 0 Å². The molecule has 142 valence electrons. The van der Waals surface area contributed by atoms with Crippen LogP contribution in [0.3, 0.4) is 0 Å². The molecule has 1 fully saturated rings. The summed E-state index contributed by atoms with van der Waals surface area (Å²) in [5.74, 6) is 2.01. The van der Waals surface area contributed by atoms with Gasteiger partial charge in [0.2, 0.25) is 0 Å². The van der Waals surface area contributed by atoms with Gasteiger partial charge in [0.25, 0.3) is 0 Å². The lowest BCUT2D eigenvalue weighted by Gasteiger charge is -2.36. The number of carbonyl (C=O) groups is 1. The van der Waals surface area contributed by atoms with Crippen molar-refractivity contribution in [1.29, 1.82) is 0 Å². The van der Waals surface area contributed by atoms with Crippen molar-refractivity contribution < 1.29 is 4.79 Å². The molecule has 0 saturated carbocycles. The van der Waals surface area contributed by atoms with E-state index in [4.69, 9.17) is 4.98 Å². The van der Waals surface area contributed by atoms with Gasteiger partial charge < -0.3 is 9.88 Å². The van der Waals surface area contributed by atoms with Crippen LogP contribution in [0.25, 0.3) is 16.7 Å². The Kier molecular flexibility index (Phi) is 3.92. The van der Waals surface area contributed by atoms with E-state index in [1.54, 1.807) is 12.3 Å². The average molecular weight is 376 g/mol. The van der Waals surface area contributed by atoms with Crippen LogP contribution in [0, 0.1) is 5.92 Å². The smallest absolute Gasteiger partial charge is 0.323 e. The molecule has 1 saturated heterocycles. The highest BCUT2D eigenvalue weighted by Gasteiger charge is 2.33. The molecule has 2 atom stereocenters. The number of H-pyrrole nitrogens is 1. The molecule has 0 spiro atoms. The zero-order valence-corrected chi connectivity index (χ0v) is 15.4. The fourth-order valence-electron chi connectivity index (χ4n) is 3.91. The van der Waals surface area contributed by atoms with Gasteiger partial charge >= 0.3 is 6.03 Å². The van der Waals surface area contributed by atoms with Crippen molar-refractivity contribution in [2.75, 3.05) is 18.4 Å². The van der Waals surface area contributed by atoms with Crippen LogP contribution in [-0.4, -0.2) is 53.3 Å². The van der Waals surface area contributed by atoms with Gasteiger partial charge in [0, 0.05) is 31.4 Å². The number of aromatic nitrogens is 6. The van der Waals surface area contributed by atoms with Gasteiger partial charge in [0.15, 0.2) is 5.65 Å². The number of nitrogens with one attached hydrogen (secondary N) is 2. The average Bonchev–Trinajstić information content (AvgIpc) is 3.35. The summed E-state index contributed by atoms with van der Waals surface area (Å²) in [6.07, 6.45) is 9.49. The molecule has 1 aliphatic heterocycles. The first-order chi connectivity index (χ1) is 13.7. The van der Waals surface area contributed by atoms with Crippen LogP contribution in [-0.2, 0) is 0 Å². The summed E-state index contributed by atoms with van der Waals surface area (Å²) < 4.78 is 2.14. The molecule has 0 aromatic carbocycles. The molecule has 9 heteroatoms. The molecular weight excluding hydrogens is 356 g/mol. The van der Waals surface area contributed by atoms with E-state index < -0.39 is 0 Å². The van der Waals surface area contributed by atoms with Crippen molar-refractivity contribution in [3.63, 3.8) is 0 Å². The maximum absolute atomic E-state index is 12.7. The lowest BCUT2D eigenvalue weighted by Crippen LogP contribution is -2.44. The first-order valence-electron chi connectivity index (χ1n) is 9.32. The topological polar surface area (TPSA) is 104 Å². The predicted molar refractivity (Wildman–Crippen MR) is 104 cm³/mol. The number of nitrogens with zero attached hydrogens (tertiary/aromatic N) is 6. The van der Waals surface area contributed by atoms with Crippen molar-refractivity contribution in [1.82, 2.24) is 34.2 Å². The lowest BCUT2D eigenvalue weighted by atomic mass is 9.86. The summed E-state index contributed by atoms with van der Waals surface area (Å²) in [4.78, 5) is 34.8. The molecule has 4 aromatic heterocycles. The number of anilines is 1. The Morgan fingerprint density at radius 2 is 2.14 bits per heavy atom. The molecule has 2 N–H and O–H groups in total. The normalized spacial score (nSPS) is 20.0. The Hall–Kier alpha value is -3.49. The maximum atomic E-state index is 12.7. The third kappa shape index (κ3) is 2.75. The number of imidazole rings is 1. The molecule has 0 aliphatic carbocycles. The molecular formula is C19H20N8O. The SMILES string of the molecule is CC1CCN(C(=O)Nc2ccncn2)CC1c1ncc2cnc3[nH]ccc3n12. The standard InChI is InChI=1S/C19H20N8O/c1-12-4-7-26(19(28)25-16-3-5-20-11-24-16)10-14(12)18-23-9-13-8-22-17-15(27(13)18)2-6-21-17/h2-3,5-6,8-9,11-12,14,21H,4,7,10H2,1H3,(H,20,24,25,28). The number of likely N-dealkylation sites (tertiary alicyclic amines) is 1. The highest BCUT2D eigenvalue weighted by Crippen LogP contribution is 2.33. The Labute approximate surface area is 160 Å². The zero-order chi connectivity index (χ0) is 19.1. The van der Waals surface area contributed by atoms with Gasteiger partial charge in [0.05, 0.1) is 23.4 Å². The summed E-state index contributed by atoms with van der Waals surface area (Å²) in [5.41, 5.74) is 2.78. The van der Waals surface area contributed by atoms with Crippen molar-refractivity contribution in [3.8, 4) is 0 Å². The van der Waals surface area contributed by atoms with Gasteiger partial charge in [0.1, 0.15) is 18.0 Å². The second kappa shape index (κ2) is 6.59. The Morgan fingerprint density at radius 1 is 1.25 bits per heavy atom. The van der Waals surface area contributed by atoms with Crippen LogP contribution >= 0.6 is 0 Å². The van der Waals surface area contributed by atoms with Crippen molar-refractivity contribution in [3.05, 3.63) is 49.1 Å². The highest BCUT2D eigenvalue weighted by molar-refractivity contribution is 5.88. The largest absolute Gasteiger partial charge is 0.345 e. The summed E-state index contributed by atoms with van der Waals surface area (Å²) in [6, 6.07) is 3.54. The number of amides is 2. The first-order valence-corrected chi connectivity index (χ1v) is 9.32. The van der Waals surface area contributed by atoms with Crippen LogP contribution < -0.4 is 5.32 Å². The van der Waals surface area contributed by atoms with E-state index in [1.807, 2.05) is 29.6 Å². The molecule has 0 bridgehead atoms. The molecule has 5 heterocycles. The van der Waals surface area contributed by atoms with E-state index in [-0.39, 0.29) is 11.9 Å². The fraction of sp³-hybridized carbons (Fsp3) is 0.316. The maximum Gasteiger partial charge on any atom is 0.323 e. The number of piperidine rings is 1. The molecule has 2 amide bonds. The number of hydrogen-bond donors (Lipinski definition) is 2. The third-order valence-corrected chi connectivity index (χ3v) is 5.48. The zero-order valence-electron chi connectivity index (χ0n) is 15.4. The third-order valence-electron chi connectivity index (χ3n) is 5.48. The second-order valence-electron chi connectivity index (χ2n) is 7.19. The van der Waals surface area contributed by atoms with Gasteiger partial charge in [-0.1, -0.05) is 6.92 Å². The van der Waals surface area contributed by atoms with Gasteiger partial charge in [-0.25, -0.2) is 24.7 Å². The number of rotatable bonds is 2. The van der Waals surface area contributed by atoms with Crippen LogP contribution in [0.1, 0.15) is 25.1 Å². The quantitative estimate of drug-likeness (QED) is 0.560. The lowest BCUT2D eigenvalue weighted by molar-refractivity contribution is 0.170. The summed E-state index contributed by atoms with van der Waals surface area (Å²) in [5, 5.41) is 2.85. The first kappa shape index (κ1) is 16.7. The minimum absolute atomic E-state index is 0.132. The Bertz CT molecular complexity index is 1130. The van der Waals surface area contributed by atoms with E-state index in [0.717, 1.165) is 28.9 Å². The van der Waals surface area contributed by atoms with Gasteiger partial charge in [-0.2, -0.15) is 0 Å². The minimum Gasteiger partial charge on any atom is -0.345 e. The Balaban J connectivity index is 1.45. The van der Waals surface area contributed by atoms with Gasteiger partial charge in [-0.05, 0) is 24.5 Å². The van der Waals surface area contributed by atoms with E-state index in [2.05, 4.69) is 36.6 Å². The van der Waals surface area contributed by atoms with E-state index in [1.165, 1.54) is 6.33 Å². The second-order valence-corrected chi connectivity index (χ2v) is 7.19. The summed E-state index contributed by atoms with van der Waals surface area (Å²) in [7, 11) is 0. The molecule has 1 aliphatic rings. The number of hydrogen-bond acceptors (Lipinski definition) is 5. The summed E-state index contributed by atoms with van der Waals surface area (Å²) >= 11 is 0. The molecule has 2 unspecified atom stereocenters.